The predicted octanol–water partition coefficient (Wildman–Crippen LogP) is 2.52. The first kappa shape index (κ1) is 25.7. The van der Waals surface area contributed by atoms with Gasteiger partial charge in [-0.1, -0.05) is 19.1 Å². The van der Waals surface area contributed by atoms with E-state index in [1.54, 1.807) is 24.9 Å². The Kier molecular flexibility index (Phi) is 8.55. The molecule has 3 atom stereocenters. The van der Waals surface area contributed by atoms with Crippen LogP contribution in [0, 0.1) is 5.92 Å². The van der Waals surface area contributed by atoms with Gasteiger partial charge in [0.25, 0.3) is 0 Å². The van der Waals surface area contributed by atoms with Crippen LogP contribution in [0.1, 0.15) is 45.1 Å². The Morgan fingerprint density at radius 3 is 2.76 bits per heavy atom. The predicted molar refractivity (Wildman–Crippen MR) is 126 cm³/mol. The van der Waals surface area contributed by atoms with Gasteiger partial charge in [0, 0.05) is 32.7 Å². The Morgan fingerprint density at radius 1 is 1.36 bits per heavy atom. The van der Waals surface area contributed by atoms with Crippen molar-refractivity contribution >= 4 is 21.5 Å². The number of allylic oxidation sites excluding steroid dienone is 2. The molecule has 1 N–H and O–H groups in total. The molecule has 1 aromatic rings. The second kappa shape index (κ2) is 11.0. The normalized spacial score (nSPS) is 24.0. The molecule has 9 heteroatoms. The zero-order valence-corrected chi connectivity index (χ0v) is 20.8. The fourth-order valence-corrected chi connectivity index (χ4v) is 6.17. The van der Waals surface area contributed by atoms with Crippen LogP contribution < -0.4 is 4.74 Å². The number of methoxy groups -OCH3 is 1. The monoisotopic (exact) mass is 480 g/mol. The van der Waals surface area contributed by atoms with Crippen LogP contribution in [0.2, 0.25) is 0 Å². The van der Waals surface area contributed by atoms with Crippen molar-refractivity contribution in [2.45, 2.75) is 56.6 Å². The van der Waals surface area contributed by atoms with Crippen LogP contribution >= 0.6 is 0 Å². The summed E-state index contributed by atoms with van der Waals surface area (Å²) in [7, 11) is -0.727. The van der Waals surface area contributed by atoms with Crippen LogP contribution in [0.3, 0.4) is 0 Å². The molecule has 1 amide bonds. The summed E-state index contributed by atoms with van der Waals surface area (Å²) in [5, 5.41) is 9.76. The van der Waals surface area contributed by atoms with E-state index in [1.165, 1.54) is 17.0 Å². The van der Waals surface area contributed by atoms with Crippen molar-refractivity contribution < 1.29 is 27.8 Å². The fourth-order valence-electron chi connectivity index (χ4n) is 4.35. The summed E-state index contributed by atoms with van der Waals surface area (Å²) < 4.78 is 39.8. The lowest BCUT2D eigenvalue weighted by Gasteiger charge is -2.37. The maximum absolute atomic E-state index is 13.6. The molecule has 0 aromatic heterocycles. The highest BCUT2D eigenvalue weighted by atomic mass is 32.2. The third kappa shape index (κ3) is 5.77. The zero-order chi connectivity index (χ0) is 24.2. The second-order valence-corrected chi connectivity index (χ2v) is 10.9. The number of carbonyl (C=O) groups is 1. The van der Waals surface area contributed by atoms with Crippen LogP contribution in [0.4, 0.5) is 0 Å². The van der Waals surface area contributed by atoms with E-state index < -0.39 is 22.2 Å². The SMILES string of the molecule is COCC(=O)N(C)C[C@H]1Oc2cc(C3=CCCCC3)ccc2S(=O)(=O)N([C@@H](C)CO)C[C@@H]1C. The number of hydrogen-bond donors (Lipinski definition) is 1. The molecule has 1 heterocycles. The van der Waals surface area contributed by atoms with Gasteiger partial charge in [0.2, 0.25) is 15.9 Å². The lowest BCUT2D eigenvalue weighted by atomic mass is 9.93. The van der Waals surface area contributed by atoms with E-state index in [1.807, 2.05) is 19.1 Å². The Labute approximate surface area is 197 Å². The number of aliphatic hydroxyl groups is 1. The molecule has 0 bridgehead atoms. The average Bonchev–Trinajstić information content (AvgIpc) is 2.81. The summed E-state index contributed by atoms with van der Waals surface area (Å²) in [6, 6.07) is 4.68. The Morgan fingerprint density at radius 2 is 2.12 bits per heavy atom. The Hall–Kier alpha value is -1.94. The molecule has 1 aromatic carbocycles. The highest BCUT2D eigenvalue weighted by molar-refractivity contribution is 7.89. The highest BCUT2D eigenvalue weighted by Crippen LogP contribution is 2.37. The second-order valence-electron chi connectivity index (χ2n) is 9.08. The number of carbonyl (C=O) groups excluding carboxylic acids is 1. The van der Waals surface area contributed by atoms with E-state index >= 15 is 0 Å². The number of hydrogen-bond acceptors (Lipinski definition) is 6. The molecule has 3 rings (SSSR count). The molecule has 2 aliphatic rings. The first-order valence-electron chi connectivity index (χ1n) is 11.5. The minimum Gasteiger partial charge on any atom is -0.487 e. The molecule has 0 radical (unpaired) electrons. The molecule has 0 spiro atoms. The largest absolute Gasteiger partial charge is 0.487 e. The molecular weight excluding hydrogens is 444 g/mol. The maximum atomic E-state index is 13.6. The number of likely N-dealkylation sites (N-methyl/N-ethyl adjacent to an activating group) is 1. The number of benzene rings is 1. The van der Waals surface area contributed by atoms with Crippen LogP contribution in [0.25, 0.3) is 5.57 Å². The molecule has 8 nitrogen and oxygen atoms in total. The van der Waals surface area contributed by atoms with Gasteiger partial charge in [-0.2, -0.15) is 4.31 Å². The molecule has 1 aliphatic heterocycles. The molecule has 0 saturated heterocycles. The van der Waals surface area contributed by atoms with Gasteiger partial charge < -0.3 is 19.5 Å². The quantitative estimate of drug-likeness (QED) is 0.644. The number of ether oxygens (including phenoxy) is 2. The minimum atomic E-state index is -3.88. The van der Waals surface area contributed by atoms with Gasteiger partial charge in [0.15, 0.2) is 0 Å². The van der Waals surface area contributed by atoms with Crippen molar-refractivity contribution in [1.29, 1.82) is 0 Å². The number of nitrogens with zero attached hydrogens (tertiary/aromatic N) is 2. The van der Waals surface area contributed by atoms with E-state index in [0.717, 1.165) is 31.2 Å². The van der Waals surface area contributed by atoms with Gasteiger partial charge in [-0.25, -0.2) is 8.42 Å². The van der Waals surface area contributed by atoms with Gasteiger partial charge in [0.1, 0.15) is 23.4 Å². The maximum Gasteiger partial charge on any atom is 0.248 e. The summed E-state index contributed by atoms with van der Waals surface area (Å²) in [4.78, 5) is 13.9. The van der Waals surface area contributed by atoms with Gasteiger partial charge in [-0.05, 0) is 55.9 Å². The van der Waals surface area contributed by atoms with Crippen molar-refractivity contribution in [2.24, 2.45) is 5.92 Å². The first-order chi connectivity index (χ1) is 15.7. The van der Waals surface area contributed by atoms with E-state index in [9.17, 15) is 18.3 Å². The summed E-state index contributed by atoms with van der Waals surface area (Å²) in [5.74, 6) is -0.111. The van der Waals surface area contributed by atoms with Crippen molar-refractivity contribution in [3.05, 3.63) is 29.8 Å². The van der Waals surface area contributed by atoms with Gasteiger partial charge in [-0.15, -0.1) is 0 Å². The van der Waals surface area contributed by atoms with E-state index in [-0.39, 0.29) is 43.0 Å². The standard InChI is InChI=1S/C24H36N2O6S/c1-17-13-26(18(2)15-27)33(29,30)23-11-10-20(19-8-6-5-7-9-19)12-21(23)32-22(17)14-25(3)24(28)16-31-4/h8,10-12,17-18,22,27H,5-7,9,13-16H2,1-4H3/t17-,18-,22+/m0/s1. The molecule has 33 heavy (non-hydrogen) atoms. The highest BCUT2D eigenvalue weighted by Gasteiger charge is 2.38. The van der Waals surface area contributed by atoms with E-state index in [4.69, 9.17) is 9.47 Å². The van der Waals surface area contributed by atoms with Crippen molar-refractivity contribution in [2.75, 3.05) is 40.5 Å². The van der Waals surface area contributed by atoms with Gasteiger partial charge >= 0.3 is 0 Å². The van der Waals surface area contributed by atoms with Gasteiger partial charge in [0.05, 0.1) is 13.2 Å². The average molecular weight is 481 g/mol. The minimum absolute atomic E-state index is 0.0332. The molecule has 184 valence electrons. The molecule has 0 fully saturated rings. The smallest absolute Gasteiger partial charge is 0.248 e. The summed E-state index contributed by atoms with van der Waals surface area (Å²) in [5.41, 5.74) is 2.16. The third-order valence-corrected chi connectivity index (χ3v) is 8.50. The number of sulfonamides is 1. The number of rotatable bonds is 7. The van der Waals surface area contributed by atoms with Crippen molar-refractivity contribution in [3.63, 3.8) is 0 Å². The lowest BCUT2D eigenvalue weighted by molar-refractivity contribution is -0.135. The molecule has 0 saturated carbocycles. The third-order valence-electron chi connectivity index (χ3n) is 6.48. The summed E-state index contributed by atoms with van der Waals surface area (Å²) in [6.45, 7) is 3.74. The summed E-state index contributed by atoms with van der Waals surface area (Å²) in [6.07, 6.45) is 6.01. The molecule has 0 unspecified atom stereocenters. The topological polar surface area (TPSA) is 96.4 Å². The number of fused-ring (bicyclic) bond motifs is 1. The van der Waals surface area contributed by atoms with Gasteiger partial charge in [-0.3, -0.25) is 4.79 Å². The first-order valence-corrected chi connectivity index (χ1v) is 13.0. The zero-order valence-electron chi connectivity index (χ0n) is 20.0. The van der Waals surface area contributed by atoms with Crippen LogP contribution in [0.5, 0.6) is 5.75 Å². The number of aliphatic hydroxyl groups excluding tert-OH is 1. The molecule has 1 aliphatic carbocycles. The molecular formula is C24H36N2O6S. The number of amides is 1. The Balaban J connectivity index is 2.05. The van der Waals surface area contributed by atoms with E-state index in [2.05, 4.69) is 6.08 Å². The van der Waals surface area contributed by atoms with E-state index in [0.29, 0.717) is 5.75 Å². The summed E-state index contributed by atoms with van der Waals surface area (Å²) >= 11 is 0. The lowest BCUT2D eigenvalue weighted by Crippen LogP contribution is -2.50. The van der Waals surface area contributed by atoms with Crippen LogP contribution in [0.15, 0.2) is 29.2 Å². The van der Waals surface area contributed by atoms with Crippen LogP contribution in [-0.2, 0) is 19.6 Å². The van der Waals surface area contributed by atoms with Crippen molar-refractivity contribution in [3.8, 4) is 5.75 Å². The fraction of sp³-hybridized carbons (Fsp3) is 0.625. The van der Waals surface area contributed by atoms with Crippen LogP contribution in [-0.4, -0.2) is 81.2 Å². The Bertz CT molecular complexity index is 977. The van der Waals surface area contributed by atoms with Crippen molar-refractivity contribution in [1.82, 2.24) is 9.21 Å².